The Hall–Kier alpha value is -0.560. The zero-order valence-electron chi connectivity index (χ0n) is 9.62. The van der Waals surface area contributed by atoms with E-state index in [0.29, 0.717) is 0 Å². The predicted molar refractivity (Wildman–Crippen MR) is 65.8 cm³/mol. The van der Waals surface area contributed by atoms with Gasteiger partial charge in [-0.25, -0.2) is 0 Å². The molecule has 1 nitrogen and oxygen atoms in total. The van der Waals surface area contributed by atoms with Crippen LogP contribution < -0.4 is 5.32 Å². The van der Waals surface area contributed by atoms with Crippen LogP contribution in [0.1, 0.15) is 38.5 Å². The van der Waals surface area contributed by atoms with Crippen LogP contribution in [0.25, 0.3) is 0 Å². The predicted octanol–water partition coefficient (Wildman–Crippen LogP) is 3.29. The van der Waals surface area contributed by atoms with Crippen molar-refractivity contribution < 1.29 is 0 Å². The number of hydrogen-bond donors (Lipinski definition) is 1. The molecule has 3 unspecified atom stereocenters. The van der Waals surface area contributed by atoms with Gasteiger partial charge in [0, 0.05) is 12.6 Å². The van der Waals surface area contributed by atoms with Gasteiger partial charge in [-0.15, -0.1) is 6.58 Å². The van der Waals surface area contributed by atoms with Crippen LogP contribution in [0.3, 0.4) is 0 Å². The monoisotopic (exact) mass is 205 g/mol. The fourth-order valence-corrected chi connectivity index (χ4v) is 2.64. The second-order valence-corrected chi connectivity index (χ2v) is 5.12. The van der Waals surface area contributed by atoms with Gasteiger partial charge in [0.05, 0.1) is 0 Å². The summed E-state index contributed by atoms with van der Waals surface area (Å²) in [6, 6.07) is 0.804. The first-order valence-electron chi connectivity index (χ1n) is 6.37. The zero-order valence-corrected chi connectivity index (χ0v) is 9.62. The molecule has 0 aromatic rings. The lowest BCUT2D eigenvalue weighted by Gasteiger charge is -2.06. The van der Waals surface area contributed by atoms with Crippen molar-refractivity contribution in [2.45, 2.75) is 44.6 Å². The van der Waals surface area contributed by atoms with Crippen molar-refractivity contribution in [1.29, 1.82) is 0 Å². The third-order valence-corrected chi connectivity index (χ3v) is 3.70. The smallest absolute Gasteiger partial charge is 0.0227 e. The zero-order chi connectivity index (χ0) is 10.5. The maximum atomic E-state index is 3.83. The van der Waals surface area contributed by atoms with Crippen molar-refractivity contribution in [2.24, 2.45) is 11.8 Å². The lowest BCUT2D eigenvalue weighted by atomic mass is 9.99. The van der Waals surface area contributed by atoms with Crippen LogP contribution in [0.2, 0.25) is 0 Å². The summed E-state index contributed by atoms with van der Waals surface area (Å²) in [6.07, 6.45) is 14.9. The topological polar surface area (TPSA) is 21.9 Å². The molecule has 84 valence electrons. The normalized spacial score (nSPS) is 34.8. The fraction of sp³-hybridized carbons (Fsp3) is 0.714. The molecule has 1 saturated heterocycles. The Morgan fingerprint density at radius 2 is 1.73 bits per heavy atom. The van der Waals surface area contributed by atoms with E-state index in [1.807, 2.05) is 0 Å². The van der Waals surface area contributed by atoms with Gasteiger partial charge in [0.2, 0.25) is 0 Å². The molecule has 1 heterocycles. The van der Waals surface area contributed by atoms with Gasteiger partial charge < -0.3 is 5.32 Å². The Morgan fingerprint density at radius 3 is 2.40 bits per heavy atom. The molecule has 0 amide bonds. The van der Waals surface area contributed by atoms with Crippen LogP contribution in [-0.4, -0.2) is 12.6 Å². The minimum absolute atomic E-state index is 0.804. The largest absolute Gasteiger partial charge is 0.311 e. The molecule has 15 heavy (non-hydrogen) atoms. The van der Waals surface area contributed by atoms with Crippen LogP contribution in [0, 0.1) is 11.8 Å². The maximum absolute atomic E-state index is 3.83. The summed E-state index contributed by atoms with van der Waals surface area (Å²) in [5.74, 6) is 1.89. The average Bonchev–Trinajstić information content (AvgIpc) is 2.95. The Labute approximate surface area is 93.6 Å². The van der Waals surface area contributed by atoms with Gasteiger partial charge in [0.15, 0.2) is 0 Å². The molecule has 2 aliphatic rings. The molecule has 0 spiro atoms. The van der Waals surface area contributed by atoms with Crippen molar-refractivity contribution in [3.05, 3.63) is 24.8 Å². The molecule has 0 bridgehead atoms. The van der Waals surface area contributed by atoms with Gasteiger partial charge in [-0.3, -0.25) is 0 Å². The van der Waals surface area contributed by atoms with Crippen molar-refractivity contribution >= 4 is 0 Å². The lowest BCUT2D eigenvalue weighted by molar-refractivity contribution is 0.499. The summed E-state index contributed by atoms with van der Waals surface area (Å²) in [5.41, 5.74) is 0. The minimum atomic E-state index is 0.804. The fourth-order valence-electron chi connectivity index (χ4n) is 2.64. The number of rotatable bonds is 6. The van der Waals surface area contributed by atoms with E-state index in [1.165, 1.54) is 45.1 Å². The third kappa shape index (κ3) is 3.83. The molecule has 0 radical (unpaired) electrons. The third-order valence-electron chi connectivity index (χ3n) is 3.70. The van der Waals surface area contributed by atoms with Crippen LogP contribution in [-0.2, 0) is 0 Å². The van der Waals surface area contributed by atoms with Gasteiger partial charge >= 0.3 is 0 Å². The molecule has 3 atom stereocenters. The highest BCUT2D eigenvalue weighted by atomic mass is 15.1. The summed E-state index contributed by atoms with van der Waals surface area (Å²) in [4.78, 5) is 0. The highest BCUT2D eigenvalue weighted by Gasteiger charge is 2.22. The molecular weight excluding hydrogens is 182 g/mol. The molecule has 1 saturated carbocycles. The van der Waals surface area contributed by atoms with Gasteiger partial charge in [-0.1, -0.05) is 18.2 Å². The van der Waals surface area contributed by atoms with E-state index >= 15 is 0 Å². The maximum Gasteiger partial charge on any atom is 0.0227 e. The molecular formula is C14H23N. The number of nitrogens with one attached hydrogen (secondary N) is 1. The quantitative estimate of drug-likeness (QED) is 0.521. The van der Waals surface area contributed by atoms with Crippen molar-refractivity contribution in [2.75, 3.05) is 6.54 Å². The molecule has 1 aliphatic carbocycles. The van der Waals surface area contributed by atoms with Crippen molar-refractivity contribution in [3.8, 4) is 0 Å². The van der Waals surface area contributed by atoms with E-state index in [9.17, 15) is 0 Å². The van der Waals surface area contributed by atoms with E-state index in [2.05, 4.69) is 30.1 Å². The second-order valence-electron chi connectivity index (χ2n) is 5.12. The number of allylic oxidation sites excluding steroid dienone is 2. The summed E-state index contributed by atoms with van der Waals surface area (Å²) in [6.45, 7) is 5.06. The van der Waals surface area contributed by atoms with Gasteiger partial charge in [-0.05, 0) is 50.4 Å². The van der Waals surface area contributed by atoms with E-state index in [4.69, 9.17) is 0 Å². The first-order chi connectivity index (χ1) is 7.38. The van der Waals surface area contributed by atoms with Crippen LogP contribution in [0.5, 0.6) is 0 Å². The molecule has 1 aliphatic heterocycles. The van der Waals surface area contributed by atoms with Crippen LogP contribution in [0.15, 0.2) is 24.8 Å². The summed E-state index contributed by atoms with van der Waals surface area (Å²) >= 11 is 0. The van der Waals surface area contributed by atoms with Crippen molar-refractivity contribution in [1.82, 2.24) is 5.32 Å². The van der Waals surface area contributed by atoms with E-state index in [1.54, 1.807) is 0 Å². The Bertz CT molecular complexity index is 227. The molecule has 0 aromatic heterocycles. The average molecular weight is 205 g/mol. The SMILES string of the molecule is C=CCC1CCC(C/C=C\CC2CN2)C1. The Kier molecular flexibility index (Phi) is 4.01. The Balaban J connectivity index is 1.58. The van der Waals surface area contributed by atoms with E-state index < -0.39 is 0 Å². The van der Waals surface area contributed by atoms with Crippen LogP contribution in [0.4, 0.5) is 0 Å². The molecule has 0 aromatic carbocycles. The van der Waals surface area contributed by atoms with E-state index in [-0.39, 0.29) is 0 Å². The highest BCUT2D eigenvalue weighted by Crippen LogP contribution is 2.35. The van der Waals surface area contributed by atoms with Gasteiger partial charge in [-0.2, -0.15) is 0 Å². The standard InChI is InChI=1S/C14H23N/c1-2-5-12-8-9-13(10-12)6-3-4-7-14-11-15-14/h2-4,12-15H,1,5-11H2/b4-3-. The number of hydrogen-bond acceptors (Lipinski definition) is 1. The van der Waals surface area contributed by atoms with Crippen LogP contribution >= 0.6 is 0 Å². The summed E-state index contributed by atoms with van der Waals surface area (Å²) in [7, 11) is 0. The van der Waals surface area contributed by atoms with Crippen molar-refractivity contribution in [3.63, 3.8) is 0 Å². The molecule has 1 N–H and O–H groups in total. The van der Waals surface area contributed by atoms with Gasteiger partial charge in [0.25, 0.3) is 0 Å². The first kappa shape index (κ1) is 10.9. The van der Waals surface area contributed by atoms with E-state index in [0.717, 1.165) is 17.9 Å². The summed E-state index contributed by atoms with van der Waals surface area (Å²) < 4.78 is 0. The summed E-state index contributed by atoms with van der Waals surface area (Å²) in [5, 5.41) is 3.32. The molecule has 1 heteroatoms. The molecule has 2 rings (SSSR count). The van der Waals surface area contributed by atoms with Gasteiger partial charge in [0.1, 0.15) is 0 Å². The lowest BCUT2D eigenvalue weighted by Crippen LogP contribution is -1.94. The second kappa shape index (κ2) is 5.50. The highest BCUT2D eigenvalue weighted by molar-refractivity contribution is 4.95. The first-order valence-corrected chi connectivity index (χ1v) is 6.37. The molecule has 2 fully saturated rings. The minimum Gasteiger partial charge on any atom is -0.311 e. The Morgan fingerprint density at radius 1 is 1.07 bits per heavy atom.